The number of rotatable bonds is 5. The Kier molecular flexibility index (Phi) is 5.25. The van der Waals surface area contributed by atoms with Gasteiger partial charge in [0.05, 0.1) is 0 Å². The van der Waals surface area contributed by atoms with Gasteiger partial charge in [-0.05, 0) is 18.9 Å². The number of nitrogens with one attached hydrogen (secondary N) is 1. The Labute approximate surface area is 152 Å². The van der Waals surface area contributed by atoms with Gasteiger partial charge in [0.25, 0.3) is 5.91 Å². The van der Waals surface area contributed by atoms with E-state index >= 15 is 0 Å². The Morgan fingerprint density at radius 1 is 1.23 bits per heavy atom. The van der Waals surface area contributed by atoms with Gasteiger partial charge in [0.1, 0.15) is 11.4 Å². The SMILES string of the molecule is CN(Cc1ccccc1F)C(=O)CCN1C(=O)NC2(CCCCC2)C1=O. The number of halogens is 1. The Balaban J connectivity index is 1.56. The van der Waals surface area contributed by atoms with E-state index in [-0.39, 0.29) is 37.1 Å². The molecule has 0 unspecified atom stereocenters. The average molecular weight is 361 g/mol. The van der Waals surface area contributed by atoms with Gasteiger partial charge >= 0.3 is 6.03 Å². The minimum atomic E-state index is -0.766. The van der Waals surface area contributed by atoms with E-state index in [0.29, 0.717) is 18.4 Å². The summed E-state index contributed by atoms with van der Waals surface area (Å²) < 4.78 is 13.7. The Bertz CT molecular complexity index is 716. The predicted octanol–water partition coefficient (Wildman–Crippen LogP) is 2.43. The molecule has 3 rings (SSSR count). The van der Waals surface area contributed by atoms with Crippen LogP contribution in [0.15, 0.2) is 24.3 Å². The van der Waals surface area contributed by atoms with E-state index in [9.17, 15) is 18.8 Å². The number of carbonyl (C=O) groups is 3. The second-order valence-corrected chi connectivity index (χ2v) is 7.12. The summed E-state index contributed by atoms with van der Waals surface area (Å²) in [5.74, 6) is -0.814. The highest BCUT2D eigenvalue weighted by Gasteiger charge is 2.51. The van der Waals surface area contributed by atoms with Crippen molar-refractivity contribution in [1.29, 1.82) is 0 Å². The van der Waals surface area contributed by atoms with Crippen LogP contribution in [0.2, 0.25) is 0 Å². The van der Waals surface area contributed by atoms with Crippen LogP contribution in [0.25, 0.3) is 0 Å². The molecule has 4 amide bonds. The molecule has 1 heterocycles. The lowest BCUT2D eigenvalue weighted by molar-refractivity contribution is -0.134. The maximum atomic E-state index is 13.7. The lowest BCUT2D eigenvalue weighted by Gasteiger charge is -2.30. The molecule has 6 nitrogen and oxygen atoms in total. The molecule has 1 aromatic rings. The zero-order valence-electron chi connectivity index (χ0n) is 15.0. The zero-order chi connectivity index (χ0) is 18.7. The molecular weight excluding hydrogens is 337 g/mol. The molecule has 0 radical (unpaired) electrons. The maximum Gasteiger partial charge on any atom is 0.325 e. The molecule has 0 aromatic heterocycles. The Hall–Kier alpha value is -2.44. The first kappa shape index (κ1) is 18.4. The lowest BCUT2D eigenvalue weighted by Crippen LogP contribution is -2.48. The maximum absolute atomic E-state index is 13.7. The summed E-state index contributed by atoms with van der Waals surface area (Å²) in [6, 6.07) is 5.88. The fourth-order valence-corrected chi connectivity index (χ4v) is 3.74. The van der Waals surface area contributed by atoms with Crippen molar-refractivity contribution in [2.45, 2.75) is 50.6 Å². The van der Waals surface area contributed by atoms with Gasteiger partial charge in [0.2, 0.25) is 5.91 Å². The minimum absolute atomic E-state index is 0.0280. The second kappa shape index (κ2) is 7.43. The first-order valence-electron chi connectivity index (χ1n) is 9.04. The van der Waals surface area contributed by atoms with Crippen LogP contribution in [0.5, 0.6) is 0 Å². The summed E-state index contributed by atoms with van der Waals surface area (Å²) in [6.07, 6.45) is 4.27. The highest BCUT2D eigenvalue weighted by molar-refractivity contribution is 6.07. The van der Waals surface area contributed by atoms with Crippen molar-refractivity contribution in [3.8, 4) is 0 Å². The van der Waals surface area contributed by atoms with Crippen molar-refractivity contribution < 1.29 is 18.8 Å². The molecule has 1 aliphatic carbocycles. The van der Waals surface area contributed by atoms with Crippen LogP contribution in [0.3, 0.4) is 0 Å². The normalized spacial score (nSPS) is 18.9. The third-order valence-corrected chi connectivity index (χ3v) is 5.29. The molecular formula is C19H24FN3O3. The number of benzene rings is 1. The first-order chi connectivity index (χ1) is 12.4. The second-order valence-electron chi connectivity index (χ2n) is 7.12. The third kappa shape index (κ3) is 3.57. The van der Waals surface area contributed by atoms with E-state index in [1.165, 1.54) is 11.0 Å². The molecule has 1 aliphatic heterocycles. The van der Waals surface area contributed by atoms with E-state index in [1.807, 2.05) is 0 Å². The zero-order valence-corrected chi connectivity index (χ0v) is 15.0. The van der Waals surface area contributed by atoms with Crippen LogP contribution in [0.1, 0.15) is 44.1 Å². The topological polar surface area (TPSA) is 69.7 Å². The van der Waals surface area contributed by atoms with Crippen LogP contribution in [0.4, 0.5) is 9.18 Å². The van der Waals surface area contributed by atoms with Crippen molar-refractivity contribution in [2.75, 3.05) is 13.6 Å². The van der Waals surface area contributed by atoms with Gasteiger partial charge in [-0.2, -0.15) is 0 Å². The monoisotopic (exact) mass is 361 g/mol. The standard InChI is InChI=1S/C19H24FN3O3/c1-22(13-14-7-3-4-8-15(14)20)16(24)9-12-23-17(25)19(21-18(23)26)10-5-2-6-11-19/h3-4,7-8H,2,5-6,9-13H2,1H3,(H,21,26). The van der Waals surface area contributed by atoms with Crippen LogP contribution in [-0.2, 0) is 16.1 Å². The quantitative estimate of drug-likeness (QED) is 0.819. The van der Waals surface area contributed by atoms with Gasteiger partial charge < -0.3 is 10.2 Å². The lowest BCUT2D eigenvalue weighted by atomic mass is 9.82. The fraction of sp³-hybridized carbons (Fsp3) is 0.526. The number of carbonyl (C=O) groups excluding carboxylic acids is 3. The summed E-state index contributed by atoms with van der Waals surface area (Å²) in [5.41, 5.74) is -0.336. The van der Waals surface area contributed by atoms with Gasteiger partial charge in [0, 0.05) is 32.1 Å². The molecule has 140 valence electrons. The van der Waals surface area contributed by atoms with Crippen LogP contribution < -0.4 is 5.32 Å². The smallest absolute Gasteiger partial charge is 0.325 e. The highest BCUT2D eigenvalue weighted by Crippen LogP contribution is 2.33. The van der Waals surface area contributed by atoms with E-state index in [0.717, 1.165) is 24.2 Å². The van der Waals surface area contributed by atoms with E-state index in [2.05, 4.69) is 5.32 Å². The van der Waals surface area contributed by atoms with Crippen LogP contribution in [0, 0.1) is 5.82 Å². The van der Waals surface area contributed by atoms with Gasteiger partial charge in [-0.1, -0.05) is 37.5 Å². The van der Waals surface area contributed by atoms with Crippen molar-refractivity contribution in [1.82, 2.24) is 15.1 Å². The van der Waals surface area contributed by atoms with Crippen LogP contribution in [-0.4, -0.2) is 46.8 Å². The summed E-state index contributed by atoms with van der Waals surface area (Å²) in [5, 5.41) is 2.83. The van der Waals surface area contributed by atoms with Gasteiger partial charge in [-0.25, -0.2) is 9.18 Å². The molecule has 2 aliphatic rings. The van der Waals surface area contributed by atoms with E-state index < -0.39 is 11.6 Å². The molecule has 0 bridgehead atoms. The van der Waals surface area contributed by atoms with Gasteiger partial charge in [0.15, 0.2) is 0 Å². The summed E-state index contributed by atoms with van der Waals surface area (Å²) >= 11 is 0. The largest absolute Gasteiger partial charge is 0.341 e. The highest BCUT2D eigenvalue weighted by atomic mass is 19.1. The van der Waals surface area contributed by atoms with Crippen molar-refractivity contribution >= 4 is 17.8 Å². The number of imide groups is 1. The molecule has 1 saturated carbocycles. The fourth-order valence-electron chi connectivity index (χ4n) is 3.74. The first-order valence-corrected chi connectivity index (χ1v) is 9.04. The Morgan fingerprint density at radius 3 is 2.62 bits per heavy atom. The van der Waals surface area contributed by atoms with Crippen LogP contribution >= 0.6 is 0 Å². The number of nitrogens with zero attached hydrogens (tertiary/aromatic N) is 2. The van der Waals surface area contributed by atoms with Crippen molar-refractivity contribution in [3.63, 3.8) is 0 Å². The van der Waals surface area contributed by atoms with E-state index in [1.54, 1.807) is 25.2 Å². The minimum Gasteiger partial charge on any atom is -0.341 e. The van der Waals surface area contributed by atoms with E-state index in [4.69, 9.17) is 0 Å². The number of hydrogen-bond donors (Lipinski definition) is 1. The summed E-state index contributed by atoms with van der Waals surface area (Å²) in [4.78, 5) is 39.8. The van der Waals surface area contributed by atoms with Crippen molar-refractivity contribution in [2.24, 2.45) is 0 Å². The Morgan fingerprint density at radius 2 is 1.92 bits per heavy atom. The summed E-state index contributed by atoms with van der Waals surface area (Å²) in [7, 11) is 1.59. The molecule has 1 N–H and O–H groups in total. The molecule has 2 fully saturated rings. The number of urea groups is 1. The predicted molar refractivity (Wildman–Crippen MR) is 93.6 cm³/mol. The van der Waals surface area contributed by atoms with Gasteiger partial charge in [-0.15, -0.1) is 0 Å². The molecule has 1 spiro atoms. The number of hydrogen-bond acceptors (Lipinski definition) is 3. The molecule has 1 saturated heterocycles. The third-order valence-electron chi connectivity index (χ3n) is 5.29. The molecule has 7 heteroatoms. The summed E-state index contributed by atoms with van der Waals surface area (Å²) in [6.45, 7) is 0.197. The number of amides is 4. The van der Waals surface area contributed by atoms with Crippen molar-refractivity contribution in [3.05, 3.63) is 35.6 Å². The molecule has 1 aromatic carbocycles. The molecule has 0 atom stereocenters. The van der Waals surface area contributed by atoms with Gasteiger partial charge in [-0.3, -0.25) is 14.5 Å². The molecule has 26 heavy (non-hydrogen) atoms. The average Bonchev–Trinajstić information content (AvgIpc) is 2.85.